The van der Waals surface area contributed by atoms with E-state index in [2.05, 4.69) is 16.6 Å². The van der Waals surface area contributed by atoms with Crippen molar-refractivity contribution in [1.82, 2.24) is 9.80 Å². The Balaban J connectivity index is 1.84. The van der Waals surface area contributed by atoms with Crippen molar-refractivity contribution in [2.24, 2.45) is 10.5 Å². The van der Waals surface area contributed by atoms with E-state index in [9.17, 15) is 14.4 Å². The Bertz CT molecular complexity index is 929. The van der Waals surface area contributed by atoms with Crippen molar-refractivity contribution in [3.63, 3.8) is 0 Å². The van der Waals surface area contributed by atoms with Gasteiger partial charge in [-0.05, 0) is 31.9 Å². The monoisotopic (exact) mass is 427 g/mol. The quantitative estimate of drug-likeness (QED) is 0.306. The summed E-state index contributed by atoms with van der Waals surface area (Å²) in [7, 11) is 0. The third-order valence-electron chi connectivity index (χ3n) is 5.27. The van der Waals surface area contributed by atoms with E-state index in [1.807, 2.05) is 6.07 Å². The van der Waals surface area contributed by atoms with Gasteiger partial charge >= 0.3 is 12.2 Å². The molecule has 3 rings (SSSR count). The minimum Gasteiger partial charge on any atom is -0.446 e. The topological polar surface area (TPSA) is 125 Å². The summed E-state index contributed by atoms with van der Waals surface area (Å²) in [6.45, 7) is 9.17. The molecule has 0 saturated carbocycles. The molecule has 0 N–H and O–H groups in total. The minimum atomic E-state index is -1.27. The van der Waals surface area contributed by atoms with E-state index >= 15 is 0 Å². The Hall–Kier alpha value is -3.52. The highest BCUT2D eigenvalue weighted by atomic mass is 16.6. The summed E-state index contributed by atoms with van der Waals surface area (Å²) in [6.07, 6.45) is 0.142. The highest BCUT2D eigenvalue weighted by Crippen LogP contribution is 2.40. The van der Waals surface area contributed by atoms with E-state index in [1.54, 1.807) is 45.0 Å². The zero-order valence-electron chi connectivity index (χ0n) is 17.7. The number of amides is 3. The number of rotatable bonds is 5. The zero-order valence-corrected chi connectivity index (χ0v) is 17.7. The van der Waals surface area contributed by atoms with Crippen LogP contribution >= 0.6 is 0 Å². The van der Waals surface area contributed by atoms with Gasteiger partial charge in [0, 0.05) is 23.4 Å². The predicted octanol–water partition coefficient (Wildman–Crippen LogP) is 3.81. The first-order valence-electron chi connectivity index (χ1n) is 9.82. The van der Waals surface area contributed by atoms with Gasteiger partial charge in [0.05, 0.1) is 0 Å². The molecule has 2 heterocycles. The van der Waals surface area contributed by atoms with Crippen LogP contribution in [0.2, 0.25) is 0 Å². The van der Waals surface area contributed by atoms with Crippen molar-refractivity contribution >= 4 is 18.1 Å². The molecule has 10 heteroatoms. The van der Waals surface area contributed by atoms with E-state index in [0.717, 1.165) is 10.5 Å². The maximum Gasteiger partial charge on any atom is 0.417 e. The molecule has 31 heavy (non-hydrogen) atoms. The lowest BCUT2D eigenvalue weighted by atomic mass is 9.73. The van der Waals surface area contributed by atoms with Gasteiger partial charge in [-0.15, -0.1) is 6.58 Å². The molecule has 1 aromatic rings. The molecule has 2 atom stereocenters. The number of imide groups is 1. The number of hydrogen-bond acceptors (Lipinski definition) is 6. The molecule has 0 aromatic heterocycles. The van der Waals surface area contributed by atoms with Crippen LogP contribution in [0.5, 0.6) is 0 Å². The molecule has 1 aromatic carbocycles. The fourth-order valence-corrected chi connectivity index (χ4v) is 3.71. The maximum absolute atomic E-state index is 13.4. The number of azide groups is 1. The molecule has 0 unspecified atom stereocenters. The Kier molecular flexibility index (Phi) is 5.94. The van der Waals surface area contributed by atoms with Crippen LogP contribution in [0.4, 0.5) is 9.59 Å². The van der Waals surface area contributed by atoms with E-state index in [0.29, 0.717) is 0 Å². The second-order valence-corrected chi connectivity index (χ2v) is 8.59. The zero-order chi connectivity index (χ0) is 22.8. The smallest absolute Gasteiger partial charge is 0.417 e. The second-order valence-electron chi connectivity index (χ2n) is 8.59. The fourth-order valence-electron chi connectivity index (χ4n) is 3.71. The van der Waals surface area contributed by atoms with E-state index < -0.39 is 41.2 Å². The van der Waals surface area contributed by atoms with Gasteiger partial charge in [-0.1, -0.05) is 41.5 Å². The lowest BCUT2D eigenvalue weighted by Crippen LogP contribution is -2.65. The van der Waals surface area contributed by atoms with Gasteiger partial charge in [0.25, 0.3) is 0 Å². The SMILES string of the molecule is C=CC1([C@H](N=[N+]=[N-])C(=O)N2C(=O)OC[C@@H]2c2ccccc2)CN(C(=O)OC(C)(C)C)C1. The normalized spacial score (nSPS) is 20.7. The molecular formula is C21H25N5O5. The Morgan fingerprint density at radius 3 is 2.55 bits per heavy atom. The number of carbonyl (C=O) groups excluding carboxylic acids is 3. The largest absolute Gasteiger partial charge is 0.446 e. The molecule has 10 nitrogen and oxygen atoms in total. The average molecular weight is 427 g/mol. The highest BCUT2D eigenvalue weighted by molar-refractivity contribution is 5.97. The van der Waals surface area contributed by atoms with E-state index in [4.69, 9.17) is 15.0 Å². The molecule has 2 aliphatic rings. The summed E-state index contributed by atoms with van der Waals surface area (Å²) in [5.41, 5.74) is 8.14. The van der Waals surface area contributed by atoms with Gasteiger partial charge < -0.3 is 14.4 Å². The number of nitrogens with zero attached hydrogens (tertiary/aromatic N) is 5. The number of benzene rings is 1. The summed E-state index contributed by atoms with van der Waals surface area (Å²) in [6, 6.07) is 7.07. The first-order valence-corrected chi connectivity index (χ1v) is 9.82. The lowest BCUT2D eigenvalue weighted by molar-refractivity contribution is -0.136. The number of carbonyl (C=O) groups is 3. The second kappa shape index (κ2) is 8.31. The first kappa shape index (κ1) is 22.2. The molecule has 0 bridgehead atoms. The number of cyclic esters (lactones) is 1. The van der Waals surface area contributed by atoms with Gasteiger partial charge in [-0.2, -0.15) is 0 Å². The van der Waals surface area contributed by atoms with E-state index in [-0.39, 0.29) is 19.7 Å². The van der Waals surface area contributed by atoms with Gasteiger partial charge in [-0.25, -0.2) is 14.5 Å². The number of hydrogen-bond donors (Lipinski definition) is 0. The van der Waals surface area contributed by atoms with Gasteiger partial charge in [0.1, 0.15) is 24.3 Å². The van der Waals surface area contributed by atoms with Crippen molar-refractivity contribution in [2.45, 2.75) is 38.5 Å². The van der Waals surface area contributed by atoms with Crippen LogP contribution in [-0.4, -0.2) is 59.2 Å². The lowest BCUT2D eigenvalue weighted by Gasteiger charge is -2.50. The van der Waals surface area contributed by atoms with Crippen LogP contribution in [0.1, 0.15) is 32.4 Å². The van der Waals surface area contributed by atoms with E-state index in [1.165, 1.54) is 11.0 Å². The number of likely N-dealkylation sites (tertiary alicyclic amines) is 1. The minimum absolute atomic E-state index is 0.00268. The summed E-state index contributed by atoms with van der Waals surface area (Å²) >= 11 is 0. The molecule has 164 valence electrons. The predicted molar refractivity (Wildman–Crippen MR) is 111 cm³/mol. The molecule has 3 amide bonds. The van der Waals surface area contributed by atoms with Gasteiger partial charge in [-0.3, -0.25) is 4.79 Å². The number of ether oxygens (including phenoxy) is 2. The molecule has 0 spiro atoms. The molecule has 2 saturated heterocycles. The standard InChI is InChI=1S/C21H25N5O5/c1-5-21(12-25(13-21)18(28)31-20(2,3)4)16(23-24-22)17(27)26-15(11-30-19(26)29)14-9-7-6-8-10-14/h5-10,15-16H,1,11-13H2,2-4H3/t15-,16-/m1/s1. The third kappa shape index (κ3) is 4.34. The van der Waals surface area contributed by atoms with Crippen molar-refractivity contribution < 1.29 is 23.9 Å². The first-order chi connectivity index (χ1) is 14.6. The molecule has 0 aliphatic carbocycles. The van der Waals surface area contributed by atoms with Crippen LogP contribution in [-0.2, 0) is 14.3 Å². The fraction of sp³-hybridized carbons (Fsp3) is 0.476. The summed E-state index contributed by atoms with van der Waals surface area (Å²) in [5.74, 6) is -0.696. The summed E-state index contributed by atoms with van der Waals surface area (Å²) in [4.78, 5) is 43.3. The van der Waals surface area contributed by atoms with Gasteiger partial charge in [0.2, 0.25) is 5.91 Å². The van der Waals surface area contributed by atoms with Crippen LogP contribution < -0.4 is 0 Å². The third-order valence-corrected chi connectivity index (χ3v) is 5.27. The average Bonchev–Trinajstić information content (AvgIpc) is 3.07. The summed E-state index contributed by atoms with van der Waals surface area (Å²) < 4.78 is 10.5. The van der Waals surface area contributed by atoms with Crippen molar-refractivity contribution in [3.05, 3.63) is 59.0 Å². The van der Waals surface area contributed by atoms with Crippen molar-refractivity contribution in [3.8, 4) is 0 Å². The van der Waals surface area contributed by atoms with Crippen molar-refractivity contribution in [1.29, 1.82) is 0 Å². The molecule has 2 aliphatic heterocycles. The molecular weight excluding hydrogens is 402 g/mol. The van der Waals surface area contributed by atoms with Crippen molar-refractivity contribution in [2.75, 3.05) is 19.7 Å². The van der Waals surface area contributed by atoms with Gasteiger partial charge in [0.15, 0.2) is 0 Å². The Labute approximate surface area is 180 Å². The van der Waals surface area contributed by atoms with Crippen LogP contribution in [0, 0.1) is 5.41 Å². The Morgan fingerprint density at radius 2 is 2.00 bits per heavy atom. The van der Waals surface area contributed by atoms with Crippen LogP contribution in [0.25, 0.3) is 10.4 Å². The Morgan fingerprint density at radius 1 is 1.35 bits per heavy atom. The van der Waals surface area contributed by atoms with Crippen LogP contribution in [0.15, 0.2) is 48.1 Å². The molecule has 0 radical (unpaired) electrons. The molecule has 2 fully saturated rings. The van der Waals surface area contributed by atoms with Crippen LogP contribution in [0.3, 0.4) is 0 Å². The summed E-state index contributed by atoms with van der Waals surface area (Å²) in [5, 5.41) is 3.70. The maximum atomic E-state index is 13.4. The highest BCUT2D eigenvalue weighted by Gasteiger charge is 2.55.